The molecule has 1 aromatic carbocycles. The topological polar surface area (TPSA) is 41.6 Å². The summed E-state index contributed by atoms with van der Waals surface area (Å²) in [6.07, 6.45) is 1.67. The molecule has 21 heavy (non-hydrogen) atoms. The fourth-order valence-electron chi connectivity index (χ4n) is 2.47. The van der Waals surface area contributed by atoms with Gasteiger partial charge in [-0.2, -0.15) is 0 Å². The van der Waals surface area contributed by atoms with E-state index in [0.29, 0.717) is 0 Å². The molecule has 0 bridgehead atoms. The molecule has 1 aromatic rings. The number of anilines is 1. The van der Waals surface area contributed by atoms with Gasteiger partial charge in [0.1, 0.15) is 5.54 Å². The monoisotopic (exact) mass is 292 g/mol. The van der Waals surface area contributed by atoms with Gasteiger partial charge in [-0.3, -0.25) is 4.79 Å². The lowest BCUT2D eigenvalue weighted by atomic mass is 9.96. The standard InChI is InChI=1S/C17H28N2O2/c1-6-19(15-10-7-9-14(2)13-15)12-8-11-17(3,18-4)16(20)21-5/h7,9-10,13,18H,6,8,11-12H2,1-5H3. The summed E-state index contributed by atoms with van der Waals surface area (Å²) in [4.78, 5) is 14.2. The van der Waals surface area contributed by atoms with E-state index in [4.69, 9.17) is 4.74 Å². The first-order valence-corrected chi connectivity index (χ1v) is 7.55. The van der Waals surface area contributed by atoms with Crippen molar-refractivity contribution in [2.24, 2.45) is 0 Å². The Morgan fingerprint density at radius 2 is 2.14 bits per heavy atom. The lowest BCUT2D eigenvalue weighted by molar-refractivity contribution is -0.148. The summed E-state index contributed by atoms with van der Waals surface area (Å²) in [7, 11) is 3.23. The molecule has 0 heterocycles. The van der Waals surface area contributed by atoms with Gasteiger partial charge in [-0.1, -0.05) is 12.1 Å². The number of ether oxygens (including phenoxy) is 1. The quantitative estimate of drug-likeness (QED) is 0.748. The third-order valence-corrected chi connectivity index (χ3v) is 4.04. The van der Waals surface area contributed by atoms with Crippen LogP contribution in [0.2, 0.25) is 0 Å². The summed E-state index contributed by atoms with van der Waals surface area (Å²) in [6.45, 7) is 8.03. The second-order valence-corrected chi connectivity index (χ2v) is 5.60. The molecule has 1 N–H and O–H groups in total. The number of methoxy groups -OCH3 is 1. The van der Waals surface area contributed by atoms with Gasteiger partial charge < -0.3 is 15.0 Å². The maximum absolute atomic E-state index is 11.8. The van der Waals surface area contributed by atoms with E-state index in [1.165, 1.54) is 18.4 Å². The van der Waals surface area contributed by atoms with E-state index in [0.717, 1.165) is 25.9 Å². The van der Waals surface area contributed by atoms with Crippen LogP contribution in [0.3, 0.4) is 0 Å². The molecule has 1 unspecified atom stereocenters. The molecule has 0 saturated heterocycles. The molecule has 4 nitrogen and oxygen atoms in total. The molecule has 118 valence electrons. The summed E-state index contributed by atoms with van der Waals surface area (Å²) in [5.74, 6) is -0.205. The summed E-state index contributed by atoms with van der Waals surface area (Å²) >= 11 is 0. The number of nitrogens with zero attached hydrogens (tertiary/aromatic N) is 1. The van der Waals surface area contributed by atoms with Crippen molar-refractivity contribution in [2.45, 2.75) is 39.2 Å². The lowest BCUT2D eigenvalue weighted by Crippen LogP contribution is -2.48. The molecule has 0 aliphatic heterocycles. The van der Waals surface area contributed by atoms with Gasteiger partial charge >= 0.3 is 5.97 Å². The highest BCUT2D eigenvalue weighted by atomic mass is 16.5. The van der Waals surface area contributed by atoms with Gasteiger partial charge in [0.25, 0.3) is 0 Å². The zero-order valence-electron chi connectivity index (χ0n) is 13.9. The Morgan fingerprint density at radius 1 is 1.43 bits per heavy atom. The Balaban J connectivity index is 2.62. The number of likely N-dealkylation sites (N-methyl/N-ethyl adjacent to an activating group) is 1. The predicted octanol–water partition coefficient (Wildman–Crippen LogP) is 2.75. The van der Waals surface area contributed by atoms with Crippen LogP contribution in [0.15, 0.2) is 24.3 Å². The molecular formula is C17H28N2O2. The Hall–Kier alpha value is -1.55. The largest absolute Gasteiger partial charge is 0.468 e. The first-order valence-electron chi connectivity index (χ1n) is 7.55. The van der Waals surface area contributed by atoms with E-state index in [1.807, 2.05) is 6.92 Å². The summed E-state index contributed by atoms with van der Waals surface area (Å²) in [5, 5.41) is 3.08. The Morgan fingerprint density at radius 3 is 2.67 bits per heavy atom. The van der Waals surface area contributed by atoms with Crippen LogP contribution in [-0.2, 0) is 9.53 Å². The highest BCUT2D eigenvalue weighted by Gasteiger charge is 2.31. The number of carbonyl (C=O) groups is 1. The minimum absolute atomic E-state index is 0.205. The van der Waals surface area contributed by atoms with Crippen LogP contribution < -0.4 is 10.2 Å². The third-order valence-electron chi connectivity index (χ3n) is 4.04. The molecule has 0 spiro atoms. The molecule has 4 heteroatoms. The molecule has 1 rings (SSSR count). The number of hydrogen-bond donors (Lipinski definition) is 1. The molecule has 0 aliphatic rings. The van der Waals surface area contributed by atoms with Gasteiger partial charge in [-0.05, 0) is 58.4 Å². The number of aryl methyl sites for hydroxylation is 1. The fraction of sp³-hybridized carbons (Fsp3) is 0.588. The molecule has 1 atom stereocenters. The Kier molecular flexibility index (Phi) is 6.69. The van der Waals surface area contributed by atoms with Crippen molar-refractivity contribution in [1.82, 2.24) is 5.32 Å². The average molecular weight is 292 g/mol. The van der Waals surface area contributed by atoms with Crippen LogP contribution in [0.1, 0.15) is 32.3 Å². The molecule has 0 aromatic heterocycles. The van der Waals surface area contributed by atoms with E-state index < -0.39 is 5.54 Å². The third kappa shape index (κ3) is 4.74. The number of rotatable bonds is 8. The van der Waals surface area contributed by atoms with Gasteiger partial charge in [-0.25, -0.2) is 0 Å². The smallest absolute Gasteiger partial charge is 0.325 e. The maximum atomic E-state index is 11.8. The lowest BCUT2D eigenvalue weighted by Gasteiger charge is -2.28. The van der Waals surface area contributed by atoms with E-state index >= 15 is 0 Å². The van der Waals surface area contributed by atoms with Gasteiger partial charge in [0.15, 0.2) is 0 Å². The minimum atomic E-state index is -0.610. The van der Waals surface area contributed by atoms with Crippen molar-refractivity contribution in [3.63, 3.8) is 0 Å². The zero-order chi connectivity index (χ0) is 15.9. The van der Waals surface area contributed by atoms with Crippen molar-refractivity contribution in [1.29, 1.82) is 0 Å². The van der Waals surface area contributed by atoms with E-state index in [-0.39, 0.29) is 5.97 Å². The second-order valence-electron chi connectivity index (χ2n) is 5.60. The first-order chi connectivity index (χ1) is 9.96. The number of carbonyl (C=O) groups excluding carboxylic acids is 1. The first kappa shape index (κ1) is 17.5. The minimum Gasteiger partial charge on any atom is -0.468 e. The summed E-state index contributed by atoms with van der Waals surface area (Å²) < 4.78 is 4.88. The molecule has 0 fully saturated rings. The van der Waals surface area contributed by atoms with E-state index in [9.17, 15) is 4.79 Å². The number of benzene rings is 1. The van der Waals surface area contributed by atoms with Gasteiger partial charge in [0.2, 0.25) is 0 Å². The van der Waals surface area contributed by atoms with E-state index in [2.05, 4.69) is 48.3 Å². The highest BCUT2D eigenvalue weighted by molar-refractivity contribution is 5.80. The van der Waals surface area contributed by atoms with Crippen LogP contribution in [0.5, 0.6) is 0 Å². The van der Waals surface area contributed by atoms with Crippen molar-refractivity contribution in [3.8, 4) is 0 Å². The van der Waals surface area contributed by atoms with Crippen LogP contribution >= 0.6 is 0 Å². The van der Waals surface area contributed by atoms with Crippen molar-refractivity contribution in [2.75, 3.05) is 32.1 Å². The van der Waals surface area contributed by atoms with Crippen LogP contribution in [0, 0.1) is 6.92 Å². The van der Waals surface area contributed by atoms with Crippen molar-refractivity contribution in [3.05, 3.63) is 29.8 Å². The number of esters is 1. The SMILES string of the molecule is CCN(CCCC(C)(NC)C(=O)OC)c1cccc(C)c1. The van der Waals surface area contributed by atoms with Crippen LogP contribution in [0.25, 0.3) is 0 Å². The number of hydrogen-bond acceptors (Lipinski definition) is 4. The van der Waals surface area contributed by atoms with E-state index in [1.54, 1.807) is 7.05 Å². The van der Waals surface area contributed by atoms with Crippen molar-refractivity contribution < 1.29 is 9.53 Å². The molecule has 0 aliphatic carbocycles. The molecular weight excluding hydrogens is 264 g/mol. The van der Waals surface area contributed by atoms with Gasteiger partial charge in [0, 0.05) is 18.8 Å². The molecule has 0 radical (unpaired) electrons. The maximum Gasteiger partial charge on any atom is 0.325 e. The van der Waals surface area contributed by atoms with Crippen LogP contribution in [-0.4, -0.2) is 38.8 Å². The molecule has 0 amide bonds. The zero-order valence-corrected chi connectivity index (χ0v) is 13.9. The summed E-state index contributed by atoms with van der Waals surface area (Å²) in [5.41, 5.74) is 1.89. The second kappa shape index (κ2) is 8.03. The van der Waals surface area contributed by atoms with Gasteiger partial charge in [0.05, 0.1) is 7.11 Å². The number of nitrogens with one attached hydrogen (secondary N) is 1. The normalized spacial score (nSPS) is 13.6. The van der Waals surface area contributed by atoms with Crippen LogP contribution in [0.4, 0.5) is 5.69 Å². The Bertz CT molecular complexity index is 462. The average Bonchev–Trinajstić information content (AvgIpc) is 2.50. The fourth-order valence-corrected chi connectivity index (χ4v) is 2.47. The highest BCUT2D eigenvalue weighted by Crippen LogP contribution is 2.19. The van der Waals surface area contributed by atoms with Crippen molar-refractivity contribution >= 4 is 11.7 Å². The van der Waals surface area contributed by atoms with Gasteiger partial charge in [-0.15, -0.1) is 0 Å². The molecule has 0 saturated carbocycles. The Labute approximate surface area is 128 Å². The predicted molar refractivity (Wildman–Crippen MR) is 87.8 cm³/mol. The summed E-state index contributed by atoms with van der Waals surface area (Å²) in [6, 6.07) is 8.52.